The molecule has 1 N–H and O–H groups in total. The summed E-state index contributed by atoms with van der Waals surface area (Å²) in [6.45, 7) is 9.15. The maximum absolute atomic E-state index is 11.9. The summed E-state index contributed by atoms with van der Waals surface area (Å²) in [5.41, 5.74) is -0.426. The van der Waals surface area contributed by atoms with Gasteiger partial charge in [-0.05, 0) is 53.1 Å². The molecule has 0 radical (unpaired) electrons. The monoisotopic (exact) mass is 270 g/mol. The maximum atomic E-state index is 11.9. The van der Waals surface area contributed by atoms with Crippen LogP contribution in [0, 0.1) is 0 Å². The molecule has 2 rings (SSSR count). The minimum Gasteiger partial charge on any atom is -0.444 e. The second-order valence-corrected chi connectivity index (χ2v) is 6.42. The van der Waals surface area contributed by atoms with E-state index in [4.69, 9.17) is 9.47 Å². The van der Waals surface area contributed by atoms with Crippen LogP contribution in [0.4, 0.5) is 4.79 Å². The molecule has 0 saturated carbocycles. The number of rotatable bonds is 2. The molecule has 5 heteroatoms. The molecule has 5 nitrogen and oxygen atoms in total. The Morgan fingerprint density at radius 2 is 1.84 bits per heavy atom. The van der Waals surface area contributed by atoms with Crippen molar-refractivity contribution in [1.29, 1.82) is 0 Å². The first-order valence-electron chi connectivity index (χ1n) is 7.28. The maximum Gasteiger partial charge on any atom is 0.410 e. The summed E-state index contributed by atoms with van der Waals surface area (Å²) in [4.78, 5) is 13.7. The highest BCUT2D eigenvalue weighted by atomic mass is 16.6. The molecule has 110 valence electrons. The van der Waals surface area contributed by atoms with Crippen molar-refractivity contribution in [2.24, 2.45) is 0 Å². The Balaban J connectivity index is 1.74. The average Bonchev–Trinajstić information content (AvgIpc) is 2.77. The standard InChI is InChI=1S/C14H26N2O3/c1-14(2,3)19-13(17)16-9-6-12(10-16)18-11-4-7-15-8-5-11/h11-12,15H,4-10H2,1-3H3/t12-/m1/s1. The van der Waals surface area contributed by atoms with Crippen LogP contribution in [0.1, 0.15) is 40.0 Å². The van der Waals surface area contributed by atoms with Crippen LogP contribution in [0.15, 0.2) is 0 Å². The number of amides is 1. The van der Waals surface area contributed by atoms with E-state index in [9.17, 15) is 4.79 Å². The fourth-order valence-corrected chi connectivity index (χ4v) is 2.54. The van der Waals surface area contributed by atoms with E-state index in [0.29, 0.717) is 12.6 Å². The molecule has 1 atom stereocenters. The molecule has 0 aromatic carbocycles. The van der Waals surface area contributed by atoms with Gasteiger partial charge >= 0.3 is 6.09 Å². The molecular weight excluding hydrogens is 244 g/mol. The van der Waals surface area contributed by atoms with E-state index < -0.39 is 5.60 Å². The quantitative estimate of drug-likeness (QED) is 0.831. The van der Waals surface area contributed by atoms with E-state index >= 15 is 0 Å². The number of ether oxygens (including phenoxy) is 2. The van der Waals surface area contributed by atoms with E-state index in [1.165, 1.54) is 0 Å². The fraction of sp³-hybridized carbons (Fsp3) is 0.929. The van der Waals surface area contributed by atoms with Crippen LogP contribution >= 0.6 is 0 Å². The predicted octanol–water partition coefficient (Wildman–Crippen LogP) is 1.76. The van der Waals surface area contributed by atoms with Gasteiger partial charge in [-0.2, -0.15) is 0 Å². The summed E-state index contributed by atoms with van der Waals surface area (Å²) < 4.78 is 11.5. The van der Waals surface area contributed by atoms with E-state index in [2.05, 4.69) is 5.32 Å². The highest BCUT2D eigenvalue weighted by Gasteiger charge is 2.31. The Labute approximate surface area is 115 Å². The molecule has 0 aromatic rings. The first-order valence-corrected chi connectivity index (χ1v) is 7.28. The summed E-state index contributed by atoms with van der Waals surface area (Å²) in [6.07, 6.45) is 3.37. The molecule has 2 aliphatic rings. The zero-order chi connectivity index (χ0) is 13.9. The number of carbonyl (C=O) groups excluding carboxylic acids is 1. The van der Waals surface area contributed by atoms with Crippen molar-refractivity contribution in [3.8, 4) is 0 Å². The zero-order valence-electron chi connectivity index (χ0n) is 12.3. The van der Waals surface area contributed by atoms with Gasteiger partial charge in [0.05, 0.1) is 18.8 Å². The summed E-state index contributed by atoms with van der Waals surface area (Å²) >= 11 is 0. The van der Waals surface area contributed by atoms with Gasteiger partial charge in [0, 0.05) is 6.54 Å². The minimum absolute atomic E-state index is 0.176. The van der Waals surface area contributed by atoms with Crippen molar-refractivity contribution in [3.05, 3.63) is 0 Å². The number of hydrogen-bond donors (Lipinski definition) is 1. The molecule has 0 spiro atoms. The Bertz CT molecular complexity index is 308. The molecule has 2 saturated heterocycles. The Morgan fingerprint density at radius 1 is 1.16 bits per heavy atom. The molecular formula is C14H26N2O3. The van der Waals surface area contributed by atoms with E-state index in [0.717, 1.165) is 38.9 Å². The second-order valence-electron chi connectivity index (χ2n) is 6.42. The van der Waals surface area contributed by atoms with E-state index in [1.807, 2.05) is 20.8 Å². The highest BCUT2D eigenvalue weighted by molar-refractivity contribution is 5.68. The lowest BCUT2D eigenvalue weighted by Crippen LogP contribution is -2.38. The molecule has 1 amide bonds. The molecule has 2 aliphatic heterocycles. The molecule has 0 aromatic heterocycles. The zero-order valence-corrected chi connectivity index (χ0v) is 12.3. The lowest BCUT2D eigenvalue weighted by molar-refractivity contribution is -0.0234. The lowest BCUT2D eigenvalue weighted by Gasteiger charge is -2.27. The topological polar surface area (TPSA) is 50.8 Å². The van der Waals surface area contributed by atoms with Crippen LogP contribution in [0.2, 0.25) is 0 Å². The molecule has 2 fully saturated rings. The van der Waals surface area contributed by atoms with E-state index in [-0.39, 0.29) is 12.2 Å². The van der Waals surface area contributed by atoms with Crippen molar-refractivity contribution in [1.82, 2.24) is 10.2 Å². The summed E-state index contributed by atoms with van der Waals surface area (Å²) in [5.74, 6) is 0. The van der Waals surface area contributed by atoms with Crippen molar-refractivity contribution >= 4 is 6.09 Å². The van der Waals surface area contributed by atoms with Crippen LogP contribution in [0.5, 0.6) is 0 Å². The van der Waals surface area contributed by atoms with Gasteiger partial charge in [0.25, 0.3) is 0 Å². The van der Waals surface area contributed by atoms with Crippen LogP contribution < -0.4 is 5.32 Å². The third-order valence-corrected chi connectivity index (χ3v) is 3.47. The average molecular weight is 270 g/mol. The van der Waals surface area contributed by atoms with Crippen molar-refractivity contribution in [2.45, 2.75) is 57.8 Å². The van der Waals surface area contributed by atoms with Crippen LogP contribution in [-0.2, 0) is 9.47 Å². The molecule has 2 heterocycles. The van der Waals surface area contributed by atoms with Gasteiger partial charge in [-0.25, -0.2) is 4.79 Å². The van der Waals surface area contributed by atoms with Crippen LogP contribution in [0.25, 0.3) is 0 Å². The number of piperidine rings is 1. The number of nitrogens with zero attached hydrogens (tertiary/aromatic N) is 1. The first-order chi connectivity index (χ1) is 8.94. The second kappa shape index (κ2) is 6.09. The smallest absolute Gasteiger partial charge is 0.410 e. The number of nitrogens with one attached hydrogen (secondary N) is 1. The van der Waals surface area contributed by atoms with Crippen molar-refractivity contribution < 1.29 is 14.3 Å². The Hall–Kier alpha value is -0.810. The van der Waals surface area contributed by atoms with Crippen molar-refractivity contribution in [2.75, 3.05) is 26.2 Å². The number of carbonyl (C=O) groups is 1. The van der Waals surface area contributed by atoms with Gasteiger partial charge < -0.3 is 19.7 Å². The SMILES string of the molecule is CC(C)(C)OC(=O)N1CC[C@@H](OC2CCNCC2)C1. The normalized spacial score (nSPS) is 25.6. The number of likely N-dealkylation sites (tertiary alicyclic amines) is 1. The largest absolute Gasteiger partial charge is 0.444 e. The van der Waals surface area contributed by atoms with Crippen LogP contribution in [-0.4, -0.2) is 55.0 Å². The predicted molar refractivity (Wildman–Crippen MR) is 73.2 cm³/mol. The molecule has 19 heavy (non-hydrogen) atoms. The highest BCUT2D eigenvalue weighted by Crippen LogP contribution is 2.20. The molecule has 0 bridgehead atoms. The van der Waals surface area contributed by atoms with Gasteiger partial charge in [0.2, 0.25) is 0 Å². The molecule has 0 aliphatic carbocycles. The van der Waals surface area contributed by atoms with Gasteiger partial charge in [-0.3, -0.25) is 0 Å². The van der Waals surface area contributed by atoms with Gasteiger partial charge in [-0.1, -0.05) is 0 Å². The van der Waals surface area contributed by atoms with Crippen molar-refractivity contribution in [3.63, 3.8) is 0 Å². The van der Waals surface area contributed by atoms with Crippen LogP contribution in [0.3, 0.4) is 0 Å². The lowest BCUT2D eigenvalue weighted by atomic mass is 10.1. The first kappa shape index (κ1) is 14.6. The summed E-state index contributed by atoms with van der Waals surface area (Å²) in [7, 11) is 0. The third-order valence-electron chi connectivity index (χ3n) is 3.47. The van der Waals surface area contributed by atoms with E-state index in [1.54, 1.807) is 4.90 Å². The number of hydrogen-bond acceptors (Lipinski definition) is 4. The fourth-order valence-electron chi connectivity index (χ4n) is 2.54. The van der Waals surface area contributed by atoms with Gasteiger partial charge in [0.15, 0.2) is 0 Å². The third kappa shape index (κ3) is 4.66. The van der Waals surface area contributed by atoms with Gasteiger partial charge in [-0.15, -0.1) is 0 Å². The Kier molecular flexibility index (Phi) is 4.68. The summed E-state index contributed by atoms with van der Waals surface area (Å²) in [6, 6.07) is 0. The molecule has 0 unspecified atom stereocenters. The Morgan fingerprint density at radius 3 is 2.47 bits per heavy atom. The van der Waals surface area contributed by atoms with Gasteiger partial charge in [0.1, 0.15) is 5.60 Å². The minimum atomic E-state index is -0.426. The summed E-state index contributed by atoms with van der Waals surface area (Å²) in [5, 5.41) is 3.33.